The predicted octanol–water partition coefficient (Wildman–Crippen LogP) is 9.34. The van der Waals surface area contributed by atoms with Gasteiger partial charge < -0.3 is 0 Å². The Morgan fingerprint density at radius 3 is 1.85 bits per heavy atom. The van der Waals surface area contributed by atoms with Crippen LogP contribution in [0.4, 0.5) is 0 Å². The van der Waals surface area contributed by atoms with Crippen LogP contribution in [-0.2, 0) is 0 Å². The molecule has 0 amide bonds. The maximum atomic E-state index is 2.42. The van der Waals surface area contributed by atoms with E-state index in [9.17, 15) is 0 Å². The average Bonchev–Trinajstić information content (AvgIpc) is 2.68. The van der Waals surface area contributed by atoms with Crippen LogP contribution in [0.25, 0.3) is 10.8 Å². The van der Waals surface area contributed by atoms with Crippen LogP contribution in [0.15, 0.2) is 36.4 Å². The Morgan fingerprint density at radius 1 is 0.667 bits per heavy atom. The molecule has 0 N–H and O–H groups in total. The van der Waals surface area contributed by atoms with Crippen molar-refractivity contribution in [2.45, 2.75) is 110 Å². The molecular formula is C27H42. The molecule has 0 aliphatic rings. The molecule has 150 valence electrons. The molecule has 0 heterocycles. The summed E-state index contributed by atoms with van der Waals surface area (Å²) < 4.78 is 0. The molecule has 0 nitrogen and oxygen atoms in total. The summed E-state index contributed by atoms with van der Waals surface area (Å²) in [6, 6.07) is 13.4. The zero-order chi connectivity index (χ0) is 19.3. The maximum Gasteiger partial charge on any atom is -0.0147 e. The van der Waals surface area contributed by atoms with Gasteiger partial charge in [-0.25, -0.2) is 0 Å². The molecule has 2 rings (SSSR count). The Labute approximate surface area is 168 Å². The molecule has 0 radical (unpaired) electrons. The summed E-state index contributed by atoms with van der Waals surface area (Å²) in [4.78, 5) is 0. The van der Waals surface area contributed by atoms with Crippen molar-refractivity contribution in [3.05, 3.63) is 47.5 Å². The van der Waals surface area contributed by atoms with Crippen molar-refractivity contribution in [3.63, 3.8) is 0 Å². The van der Waals surface area contributed by atoms with Crippen LogP contribution in [0.1, 0.15) is 114 Å². The number of aryl methyl sites for hydroxylation is 1. The van der Waals surface area contributed by atoms with E-state index in [0.717, 1.165) is 0 Å². The second-order valence-corrected chi connectivity index (χ2v) is 8.60. The van der Waals surface area contributed by atoms with Gasteiger partial charge in [-0.3, -0.25) is 0 Å². The Morgan fingerprint density at radius 2 is 1.22 bits per heavy atom. The fourth-order valence-corrected chi connectivity index (χ4v) is 4.49. The fraction of sp³-hybridized carbons (Fsp3) is 0.630. The highest BCUT2D eigenvalue weighted by Crippen LogP contribution is 2.32. The summed E-state index contributed by atoms with van der Waals surface area (Å²) in [6.07, 6.45) is 18.5. The second-order valence-electron chi connectivity index (χ2n) is 8.60. The molecule has 0 aliphatic carbocycles. The van der Waals surface area contributed by atoms with Crippen molar-refractivity contribution < 1.29 is 0 Å². The van der Waals surface area contributed by atoms with E-state index in [2.05, 4.69) is 57.2 Å². The van der Waals surface area contributed by atoms with Crippen molar-refractivity contribution in [3.8, 4) is 0 Å². The highest BCUT2D eigenvalue weighted by Gasteiger charge is 2.12. The van der Waals surface area contributed by atoms with Gasteiger partial charge in [0.15, 0.2) is 0 Å². The molecule has 2 aromatic carbocycles. The minimum absolute atomic E-state index is 0.666. The number of rotatable bonds is 14. The molecule has 0 saturated heterocycles. The molecular weight excluding hydrogens is 324 g/mol. The lowest BCUT2D eigenvalue weighted by Gasteiger charge is -2.17. The Hall–Kier alpha value is -1.30. The number of unbranched alkanes of at least 4 members (excludes halogenated alkanes) is 11. The largest absolute Gasteiger partial charge is 0.0654 e. The molecule has 0 heteroatoms. The third-order valence-corrected chi connectivity index (χ3v) is 6.17. The van der Waals surface area contributed by atoms with E-state index in [-0.39, 0.29) is 0 Å². The van der Waals surface area contributed by atoms with Crippen molar-refractivity contribution in [2.75, 3.05) is 0 Å². The van der Waals surface area contributed by atoms with E-state index >= 15 is 0 Å². The van der Waals surface area contributed by atoms with Gasteiger partial charge in [0.2, 0.25) is 0 Å². The van der Waals surface area contributed by atoms with Gasteiger partial charge in [0.25, 0.3) is 0 Å². The van der Waals surface area contributed by atoms with Crippen molar-refractivity contribution in [1.82, 2.24) is 0 Å². The molecule has 0 bridgehead atoms. The van der Waals surface area contributed by atoms with Crippen LogP contribution in [0.2, 0.25) is 0 Å². The lowest BCUT2D eigenvalue weighted by Crippen LogP contribution is -1.98. The first-order chi connectivity index (χ1) is 13.2. The van der Waals surface area contributed by atoms with E-state index in [1.165, 1.54) is 99.8 Å². The maximum absolute atomic E-state index is 2.42. The van der Waals surface area contributed by atoms with Gasteiger partial charge in [-0.05, 0) is 41.2 Å². The predicted molar refractivity (Wildman–Crippen MR) is 123 cm³/mol. The summed E-state index contributed by atoms with van der Waals surface area (Å²) in [7, 11) is 0. The van der Waals surface area contributed by atoms with Crippen LogP contribution in [0, 0.1) is 6.92 Å². The zero-order valence-electron chi connectivity index (χ0n) is 18.2. The topological polar surface area (TPSA) is 0 Å². The summed E-state index contributed by atoms with van der Waals surface area (Å²) in [5.41, 5.74) is 3.04. The third-order valence-electron chi connectivity index (χ3n) is 6.17. The lowest BCUT2D eigenvalue weighted by molar-refractivity contribution is 0.529. The SMILES string of the molecule is CCCCCCCCCCCCCCC(C)c1c(C)ccc2ccccc12. The summed E-state index contributed by atoms with van der Waals surface area (Å²) >= 11 is 0. The van der Waals surface area contributed by atoms with E-state index in [0.29, 0.717) is 5.92 Å². The van der Waals surface area contributed by atoms with Gasteiger partial charge in [0.1, 0.15) is 0 Å². The van der Waals surface area contributed by atoms with Crippen LogP contribution in [0.5, 0.6) is 0 Å². The minimum Gasteiger partial charge on any atom is -0.0654 e. The number of hydrogen-bond donors (Lipinski definition) is 0. The molecule has 0 spiro atoms. The van der Waals surface area contributed by atoms with Crippen LogP contribution in [-0.4, -0.2) is 0 Å². The van der Waals surface area contributed by atoms with Gasteiger partial charge >= 0.3 is 0 Å². The molecule has 0 aliphatic heterocycles. The van der Waals surface area contributed by atoms with Crippen LogP contribution >= 0.6 is 0 Å². The zero-order valence-corrected chi connectivity index (χ0v) is 18.2. The van der Waals surface area contributed by atoms with Crippen molar-refractivity contribution in [1.29, 1.82) is 0 Å². The molecule has 2 aromatic rings. The number of hydrogen-bond acceptors (Lipinski definition) is 0. The van der Waals surface area contributed by atoms with Crippen molar-refractivity contribution >= 4 is 10.8 Å². The minimum atomic E-state index is 0.666. The normalized spacial score (nSPS) is 12.6. The number of fused-ring (bicyclic) bond motifs is 1. The van der Waals surface area contributed by atoms with Crippen LogP contribution < -0.4 is 0 Å². The summed E-state index contributed by atoms with van der Waals surface area (Å²) in [5.74, 6) is 0.666. The lowest BCUT2D eigenvalue weighted by atomic mass is 9.87. The quantitative estimate of drug-likeness (QED) is 0.292. The molecule has 0 aromatic heterocycles. The van der Waals surface area contributed by atoms with Gasteiger partial charge in [-0.1, -0.05) is 127 Å². The molecule has 1 unspecified atom stereocenters. The van der Waals surface area contributed by atoms with Crippen LogP contribution in [0.3, 0.4) is 0 Å². The average molecular weight is 367 g/mol. The first-order valence-electron chi connectivity index (χ1n) is 11.7. The van der Waals surface area contributed by atoms with Gasteiger partial charge in [-0.15, -0.1) is 0 Å². The number of benzene rings is 2. The van der Waals surface area contributed by atoms with Gasteiger partial charge in [0.05, 0.1) is 0 Å². The molecule has 1 atom stereocenters. The van der Waals surface area contributed by atoms with E-state index in [4.69, 9.17) is 0 Å². The monoisotopic (exact) mass is 366 g/mol. The Kier molecular flexibility index (Phi) is 10.6. The molecule has 0 fully saturated rings. The Bertz CT molecular complexity index is 640. The third kappa shape index (κ3) is 7.68. The highest BCUT2D eigenvalue weighted by molar-refractivity contribution is 5.87. The Balaban J connectivity index is 1.59. The summed E-state index contributed by atoms with van der Waals surface area (Å²) in [5, 5.41) is 2.85. The van der Waals surface area contributed by atoms with E-state index in [1.54, 1.807) is 5.56 Å². The summed E-state index contributed by atoms with van der Waals surface area (Å²) in [6.45, 7) is 7.00. The first kappa shape index (κ1) is 22.0. The van der Waals surface area contributed by atoms with Crippen molar-refractivity contribution in [2.24, 2.45) is 0 Å². The smallest absolute Gasteiger partial charge is 0.0147 e. The molecule has 27 heavy (non-hydrogen) atoms. The van der Waals surface area contributed by atoms with E-state index < -0.39 is 0 Å². The second kappa shape index (κ2) is 13.0. The van der Waals surface area contributed by atoms with Gasteiger partial charge in [-0.2, -0.15) is 0 Å². The highest BCUT2D eigenvalue weighted by atomic mass is 14.2. The first-order valence-corrected chi connectivity index (χ1v) is 11.7. The molecule has 0 saturated carbocycles. The fourth-order valence-electron chi connectivity index (χ4n) is 4.49. The van der Waals surface area contributed by atoms with Gasteiger partial charge in [0, 0.05) is 0 Å². The van der Waals surface area contributed by atoms with E-state index in [1.807, 2.05) is 0 Å². The standard InChI is InChI=1S/C27H42/c1-4-5-6-7-8-9-10-11-12-13-14-15-18-23(2)27-24(3)21-22-25-19-16-17-20-26(25)27/h16-17,19-23H,4-15,18H2,1-3H3.